The molecule has 27 heavy (non-hydrogen) atoms. The van der Waals surface area contributed by atoms with Crippen LogP contribution in [0.3, 0.4) is 0 Å². The van der Waals surface area contributed by atoms with Gasteiger partial charge in [0.2, 0.25) is 0 Å². The molecule has 0 spiro atoms. The van der Waals surface area contributed by atoms with Crippen molar-refractivity contribution in [1.29, 1.82) is 0 Å². The molecule has 0 aromatic carbocycles. The molecule has 1 fully saturated rings. The van der Waals surface area contributed by atoms with Crippen LogP contribution in [0.4, 0.5) is 0 Å². The van der Waals surface area contributed by atoms with Crippen LogP contribution in [0.25, 0.3) is 0 Å². The fourth-order valence-electron chi connectivity index (χ4n) is 4.95. The maximum Gasteiger partial charge on any atom is 0.334 e. The van der Waals surface area contributed by atoms with Gasteiger partial charge >= 0.3 is 5.97 Å². The zero-order chi connectivity index (χ0) is 20.6. The monoisotopic (exact) mass is 398 g/mol. The molecule has 1 saturated carbocycles. The minimum Gasteiger partial charge on any atom is -0.466 e. The third kappa shape index (κ3) is 3.87. The summed E-state index contributed by atoms with van der Waals surface area (Å²) in [5, 5.41) is 20.6. The summed E-state index contributed by atoms with van der Waals surface area (Å²) in [5.74, 6) is -1.39. The number of aliphatic hydroxyl groups excluding tert-OH is 1. The Morgan fingerprint density at radius 3 is 2.59 bits per heavy atom. The van der Waals surface area contributed by atoms with Gasteiger partial charge in [-0.25, -0.2) is 4.79 Å². The number of rotatable bonds is 5. The zero-order valence-corrected chi connectivity index (χ0v) is 17.5. The highest BCUT2D eigenvalue weighted by molar-refractivity contribution is 6.21. The lowest BCUT2D eigenvalue weighted by Crippen LogP contribution is -2.61. The van der Waals surface area contributed by atoms with Crippen LogP contribution in [-0.4, -0.2) is 46.7 Å². The van der Waals surface area contributed by atoms with E-state index in [4.69, 9.17) is 16.3 Å². The molecule has 152 valence electrons. The second kappa shape index (κ2) is 7.69. The fraction of sp³-hybridized carbons (Fsp3) is 0.714. The van der Waals surface area contributed by atoms with Gasteiger partial charge in [0.1, 0.15) is 6.29 Å². The number of aldehydes is 1. The molecule has 6 atom stereocenters. The van der Waals surface area contributed by atoms with Gasteiger partial charge in [-0.15, -0.1) is 11.6 Å². The van der Waals surface area contributed by atoms with Gasteiger partial charge in [0, 0.05) is 16.4 Å². The summed E-state index contributed by atoms with van der Waals surface area (Å²) in [6.45, 7) is 7.34. The Balaban J connectivity index is 2.49. The van der Waals surface area contributed by atoms with Crippen molar-refractivity contribution in [2.45, 2.75) is 64.0 Å². The number of allylic oxidation sites excluding steroid dienone is 2. The van der Waals surface area contributed by atoms with Crippen LogP contribution in [0.15, 0.2) is 23.8 Å². The molecule has 0 radical (unpaired) electrons. The minimum absolute atomic E-state index is 0.105. The van der Waals surface area contributed by atoms with E-state index in [1.807, 2.05) is 13.0 Å². The molecule has 0 bridgehead atoms. The number of esters is 1. The molecular formula is C21H31ClO5. The van der Waals surface area contributed by atoms with Crippen LogP contribution in [0.2, 0.25) is 0 Å². The van der Waals surface area contributed by atoms with Crippen molar-refractivity contribution >= 4 is 23.9 Å². The van der Waals surface area contributed by atoms with Crippen molar-refractivity contribution in [2.24, 2.45) is 22.7 Å². The van der Waals surface area contributed by atoms with E-state index in [0.717, 1.165) is 6.29 Å². The number of aliphatic hydroxyl groups is 2. The number of carbonyl (C=O) groups excluding carboxylic acids is 2. The maximum absolute atomic E-state index is 12.2. The van der Waals surface area contributed by atoms with Crippen molar-refractivity contribution in [3.8, 4) is 0 Å². The molecule has 0 heterocycles. The molecule has 6 heteroatoms. The number of alkyl halides is 1. The average Bonchev–Trinajstić information content (AvgIpc) is 2.57. The molecule has 0 aromatic heterocycles. The van der Waals surface area contributed by atoms with Crippen LogP contribution >= 0.6 is 11.6 Å². The van der Waals surface area contributed by atoms with Crippen LogP contribution in [-0.2, 0) is 14.3 Å². The van der Waals surface area contributed by atoms with Gasteiger partial charge in [-0.05, 0) is 44.4 Å². The Labute approximate surface area is 166 Å². The smallest absolute Gasteiger partial charge is 0.334 e. The van der Waals surface area contributed by atoms with Crippen molar-refractivity contribution in [2.75, 3.05) is 7.11 Å². The second-order valence-electron chi connectivity index (χ2n) is 8.90. The summed E-state index contributed by atoms with van der Waals surface area (Å²) in [6.07, 6.45) is 6.82. The molecule has 0 saturated heterocycles. The Morgan fingerprint density at radius 2 is 2.07 bits per heavy atom. The second-order valence-corrected chi connectivity index (χ2v) is 9.43. The van der Waals surface area contributed by atoms with Gasteiger partial charge in [0.05, 0.1) is 24.7 Å². The van der Waals surface area contributed by atoms with E-state index in [2.05, 4.69) is 6.92 Å². The SMILES string of the molecule is COC(=O)C1=CC[C@H]2[C@](C)(C/C=C/C(C)(C)O)[C@@H](Cl)C[C@H](O)[C@]2(C)[C@H]1C=O. The molecule has 2 N–H and O–H groups in total. The summed E-state index contributed by atoms with van der Waals surface area (Å²) >= 11 is 6.71. The lowest BCUT2D eigenvalue weighted by molar-refractivity contribution is -0.152. The number of halogens is 1. The fourth-order valence-corrected chi connectivity index (χ4v) is 5.36. The van der Waals surface area contributed by atoms with Gasteiger partial charge in [-0.3, -0.25) is 0 Å². The quantitative estimate of drug-likeness (QED) is 0.322. The van der Waals surface area contributed by atoms with Crippen molar-refractivity contribution in [3.63, 3.8) is 0 Å². The predicted molar refractivity (Wildman–Crippen MR) is 104 cm³/mol. The van der Waals surface area contributed by atoms with E-state index >= 15 is 0 Å². The molecule has 0 amide bonds. The van der Waals surface area contributed by atoms with E-state index in [1.54, 1.807) is 26.0 Å². The maximum atomic E-state index is 12.2. The minimum atomic E-state index is -0.925. The van der Waals surface area contributed by atoms with E-state index in [9.17, 15) is 19.8 Å². The highest BCUT2D eigenvalue weighted by Gasteiger charge is 2.61. The molecule has 2 rings (SSSR count). The van der Waals surface area contributed by atoms with E-state index in [-0.39, 0.29) is 11.3 Å². The van der Waals surface area contributed by atoms with E-state index in [0.29, 0.717) is 24.8 Å². The van der Waals surface area contributed by atoms with Crippen LogP contribution < -0.4 is 0 Å². The third-order valence-electron chi connectivity index (χ3n) is 6.63. The van der Waals surface area contributed by atoms with Crippen molar-refractivity contribution in [1.82, 2.24) is 0 Å². The van der Waals surface area contributed by atoms with Gasteiger partial charge in [0.15, 0.2) is 0 Å². The number of carbonyl (C=O) groups is 2. The molecule has 2 aliphatic carbocycles. The first kappa shape index (κ1) is 22.1. The van der Waals surface area contributed by atoms with E-state index < -0.39 is 34.4 Å². The highest BCUT2D eigenvalue weighted by Crippen LogP contribution is 2.61. The van der Waals surface area contributed by atoms with Gasteiger partial charge in [0.25, 0.3) is 0 Å². The normalized spacial score (nSPS) is 39.6. The number of hydrogen-bond acceptors (Lipinski definition) is 5. The molecule has 2 aliphatic rings. The number of fused-ring (bicyclic) bond motifs is 1. The molecular weight excluding hydrogens is 368 g/mol. The molecule has 0 aromatic rings. The van der Waals surface area contributed by atoms with Gasteiger partial charge in [-0.2, -0.15) is 0 Å². The highest BCUT2D eigenvalue weighted by atomic mass is 35.5. The topological polar surface area (TPSA) is 83.8 Å². The Kier molecular flexibility index (Phi) is 6.30. The summed E-state index contributed by atoms with van der Waals surface area (Å²) < 4.78 is 4.84. The van der Waals surface area contributed by atoms with Crippen molar-refractivity contribution in [3.05, 3.63) is 23.8 Å². The predicted octanol–water partition coefficient (Wildman–Crippen LogP) is 3.02. The number of methoxy groups -OCH3 is 1. The summed E-state index contributed by atoms with van der Waals surface area (Å²) in [6, 6.07) is 0. The number of ether oxygens (including phenoxy) is 1. The van der Waals surface area contributed by atoms with E-state index in [1.165, 1.54) is 7.11 Å². The lowest BCUT2D eigenvalue weighted by Gasteiger charge is -2.60. The Bertz CT molecular complexity index is 649. The first-order valence-corrected chi connectivity index (χ1v) is 9.81. The van der Waals surface area contributed by atoms with Gasteiger partial charge in [-0.1, -0.05) is 32.1 Å². The zero-order valence-electron chi connectivity index (χ0n) is 16.7. The van der Waals surface area contributed by atoms with Crippen LogP contribution in [0, 0.1) is 22.7 Å². The first-order valence-electron chi connectivity index (χ1n) is 9.37. The summed E-state index contributed by atoms with van der Waals surface area (Å²) in [5.41, 5.74) is -1.84. The Morgan fingerprint density at radius 1 is 1.44 bits per heavy atom. The van der Waals surface area contributed by atoms with Crippen LogP contribution in [0.5, 0.6) is 0 Å². The first-order chi connectivity index (χ1) is 12.4. The molecule has 0 aliphatic heterocycles. The van der Waals surface area contributed by atoms with Crippen molar-refractivity contribution < 1.29 is 24.5 Å². The average molecular weight is 399 g/mol. The molecule has 0 unspecified atom stereocenters. The molecule has 5 nitrogen and oxygen atoms in total. The van der Waals surface area contributed by atoms with Crippen LogP contribution in [0.1, 0.15) is 47.0 Å². The third-order valence-corrected chi connectivity index (χ3v) is 7.31. The standard InChI is InChI=1S/C21H31ClO5/c1-19(2,26)9-6-10-20(3)15-8-7-13(18(25)27-5)14(12-23)21(15,4)17(24)11-16(20)22/h6-7,9,12,14-17,24,26H,8,10-11H2,1-5H3/b9-6+/t14-,15-,16-,17-,20-,21+/m0/s1. The largest absolute Gasteiger partial charge is 0.466 e. The number of hydrogen-bond donors (Lipinski definition) is 2. The van der Waals surface area contributed by atoms with Gasteiger partial charge < -0.3 is 19.7 Å². The Hall–Kier alpha value is -1.17. The summed E-state index contributed by atoms with van der Waals surface area (Å²) in [7, 11) is 1.29. The summed E-state index contributed by atoms with van der Waals surface area (Å²) in [4.78, 5) is 24.2. The lowest BCUT2D eigenvalue weighted by atomic mass is 9.46.